The molecule has 0 bridgehead atoms. The van der Waals surface area contributed by atoms with Gasteiger partial charge in [-0.1, -0.05) is 0 Å². The zero-order valence-electron chi connectivity index (χ0n) is 7.34. The zero-order valence-corrected chi connectivity index (χ0v) is 10.0. The average Bonchev–Trinajstić information content (AvgIpc) is 2.27. The Hall–Kier alpha value is -1.74. The van der Waals surface area contributed by atoms with Gasteiger partial charge in [0.1, 0.15) is 0 Å². The van der Waals surface area contributed by atoms with Gasteiger partial charge in [-0.15, -0.1) is 0 Å². The van der Waals surface area contributed by atoms with Crippen LogP contribution in [0, 0.1) is 71.2 Å². The summed E-state index contributed by atoms with van der Waals surface area (Å²) < 4.78 is 0. The lowest BCUT2D eigenvalue weighted by atomic mass is 10.9. The van der Waals surface area contributed by atoms with Crippen LogP contribution in [-0.2, 0) is 0 Å². The first kappa shape index (κ1) is 11.3. The van der Waals surface area contributed by atoms with E-state index in [0.29, 0.717) is 0 Å². The predicted octanol–water partition coefficient (Wildman–Crippen LogP) is 3.56. The molecule has 1 aromatic heterocycles. The highest BCUT2D eigenvalue weighted by atomic mass is 31.0. The molecule has 0 nitrogen and oxygen atoms in total. The van der Waals surface area contributed by atoms with E-state index in [4.69, 9.17) is 0 Å². The van der Waals surface area contributed by atoms with Gasteiger partial charge >= 0.3 is 0 Å². The molecule has 66 valence electrons. The average molecular weight is 237 g/mol. The molecule has 0 amide bonds. The summed E-state index contributed by atoms with van der Waals surface area (Å²) in [6, 6.07) is 16.0. The van der Waals surface area contributed by atoms with Crippen molar-refractivity contribution in [3.8, 4) is 0 Å². The van der Waals surface area contributed by atoms with Gasteiger partial charge in [-0.05, 0) is 36.4 Å². The third kappa shape index (κ3) is 7.34. The van der Waals surface area contributed by atoms with Crippen molar-refractivity contribution in [1.29, 1.82) is 0 Å². The van der Waals surface area contributed by atoms with Crippen LogP contribution >= 0.6 is 24.6 Å². The minimum atomic E-state index is 0.723. The largest absolute Gasteiger partial charge is 0.411 e. The number of rotatable bonds is 0. The van der Waals surface area contributed by atoms with Crippen molar-refractivity contribution in [1.82, 2.24) is 0 Å². The molecule has 0 N–H and O–H groups in total. The van der Waals surface area contributed by atoms with E-state index in [0.717, 1.165) is 24.6 Å². The lowest BCUT2D eigenvalue weighted by Gasteiger charge is -1.67. The van der Waals surface area contributed by atoms with Crippen LogP contribution < -0.4 is 0 Å². The third-order valence-corrected chi connectivity index (χ3v) is 2.20. The molecular formula is C12P3-3. The molecule has 0 aliphatic rings. The first-order valence-corrected chi connectivity index (χ1v) is 6.27. The van der Waals surface area contributed by atoms with Crippen molar-refractivity contribution in [2.75, 3.05) is 0 Å². The van der Waals surface area contributed by atoms with Crippen molar-refractivity contribution in [3.05, 3.63) is 71.2 Å². The van der Waals surface area contributed by atoms with Crippen LogP contribution in [0.5, 0.6) is 0 Å². The quantitative estimate of drug-likeness (QED) is 0.647. The van der Waals surface area contributed by atoms with Crippen molar-refractivity contribution >= 4 is 24.6 Å². The lowest BCUT2D eigenvalue weighted by molar-refractivity contribution is 2.08. The monoisotopic (exact) mass is 237 g/mol. The molecule has 3 heteroatoms. The molecule has 0 aromatic carbocycles. The van der Waals surface area contributed by atoms with Crippen molar-refractivity contribution in [2.45, 2.75) is 0 Å². The smallest absolute Gasteiger partial charge is 0.0489 e. The van der Waals surface area contributed by atoms with Crippen molar-refractivity contribution < 1.29 is 0 Å². The molecule has 0 saturated heterocycles. The number of hydrogen-bond donors (Lipinski definition) is 0. The molecular weight excluding hydrogens is 237 g/mol. The van der Waals surface area contributed by atoms with E-state index < -0.39 is 0 Å². The van der Waals surface area contributed by atoms with Gasteiger partial charge in [0, 0.05) is 0 Å². The molecule has 1 heterocycles. The van der Waals surface area contributed by atoms with E-state index in [2.05, 4.69) is 71.2 Å². The van der Waals surface area contributed by atoms with Gasteiger partial charge in [0.25, 0.3) is 0 Å². The fourth-order valence-corrected chi connectivity index (χ4v) is 1.26. The molecule has 0 unspecified atom stereocenters. The summed E-state index contributed by atoms with van der Waals surface area (Å²) in [7, 11) is 2.17. The maximum Gasteiger partial charge on any atom is -0.0489 e. The topological polar surface area (TPSA) is 0 Å². The van der Waals surface area contributed by atoms with E-state index >= 15 is 0 Å². The Morgan fingerprint density at radius 1 is 0.333 bits per heavy atom. The molecule has 0 fully saturated rings. The predicted molar refractivity (Wildman–Crippen MR) is 59.7 cm³/mol. The van der Waals surface area contributed by atoms with Crippen molar-refractivity contribution in [2.24, 2.45) is 0 Å². The molecule has 1 aromatic rings. The second-order valence-electron chi connectivity index (χ2n) is 1.76. The Bertz CT molecular complexity index is 243. The lowest BCUT2D eigenvalue weighted by Crippen LogP contribution is -1.20. The van der Waals surface area contributed by atoms with Crippen LogP contribution in [-0.4, -0.2) is 0 Å². The minimum Gasteiger partial charge on any atom is -0.411 e. The molecule has 0 spiro atoms. The van der Waals surface area contributed by atoms with Crippen LogP contribution in [0.15, 0.2) is 0 Å². The summed E-state index contributed by atoms with van der Waals surface area (Å²) in [6.45, 7) is 0. The fraction of sp³-hybridized carbons (Fsp3) is 0. The molecule has 0 radical (unpaired) electrons. The van der Waals surface area contributed by atoms with Gasteiger partial charge < -0.3 is 24.6 Å². The Balaban J connectivity index is 3.01. The van der Waals surface area contributed by atoms with E-state index in [9.17, 15) is 0 Å². The zero-order chi connectivity index (χ0) is 10.6. The van der Waals surface area contributed by atoms with Crippen LogP contribution in [0.25, 0.3) is 0 Å². The highest BCUT2D eigenvalue weighted by molar-refractivity contribution is 7.27. The second-order valence-corrected chi connectivity index (χ2v) is 3.77. The van der Waals surface area contributed by atoms with E-state index in [1.165, 1.54) is 0 Å². The minimum absolute atomic E-state index is 0.723. The standard InChI is InChI=1S/C12P3/c1-2-8-14-10-5-6-12-15-11-4-3-9-13-7-1/q-3. The summed E-state index contributed by atoms with van der Waals surface area (Å²) >= 11 is 0. The highest BCUT2D eigenvalue weighted by Gasteiger charge is 1.26. The van der Waals surface area contributed by atoms with Crippen LogP contribution in [0.1, 0.15) is 0 Å². The summed E-state index contributed by atoms with van der Waals surface area (Å²) in [5.74, 6) is 16.7. The molecule has 0 saturated carbocycles. The first-order chi connectivity index (χ1) is 7.50. The number of hydrogen-bond acceptors (Lipinski definition) is 0. The normalized spacial score (nSPS) is 6.40. The highest BCUT2D eigenvalue weighted by Crippen LogP contribution is 1.83. The molecule has 1 rings (SSSR count). The Labute approximate surface area is 96.0 Å². The molecule has 0 atom stereocenters. The van der Waals surface area contributed by atoms with Gasteiger partial charge in [-0.2, -0.15) is 0 Å². The Morgan fingerprint density at radius 2 is 0.533 bits per heavy atom. The molecule has 0 aliphatic heterocycles. The maximum absolute atomic E-state index is 2.78. The summed E-state index contributed by atoms with van der Waals surface area (Å²) in [5.41, 5.74) is 0. The Morgan fingerprint density at radius 3 is 0.733 bits per heavy atom. The van der Waals surface area contributed by atoms with Crippen molar-refractivity contribution in [3.63, 3.8) is 0 Å². The summed E-state index contributed by atoms with van der Waals surface area (Å²) in [6.07, 6.45) is 0. The summed E-state index contributed by atoms with van der Waals surface area (Å²) in [5, 5.41) is 0. The Kier molecular flexibility index (Phi) is 6.68. The van der Waals surface area contributed by atoms with Gasteiger partial charge in [0.05, 0.1) is 0 Å². The van der Waals surface area contributed by atoms with E-state index in [1.54, 1.807) is 0 Å². The SMILES string of the molecule is c1c#c[p-]c#cc#c[p-]c#cc#c[p-]c#1. The van der Waals surface area contributed by atoms with E-state index in [-0.39, 0.29) is 0 Å². The van der Waals surface area contributed by atoms with Gasteiger partial charge in [-0.3, -0.25) is 0 Å². The molecule has 15 heavy (non-hydrogen) atoms. The van der Waals surface area contributed by atoms with Gasteiger partial charge in [0.2, 0.25) is 0 Å². The second kappa shape index (κ2) is 8.84. The maximum atomic E-state index is 2.78. The summed E-state index contributed by atoms with van der Waals surface area (Å²) in [4.78, 5) is 0. The van der Waals surface area contributed by atoms with E-state index in [1.807, 2.05) is 0 Å². The van der Waals surface area contributed by atoms with Gasteiger partial charge in [0.15, 0.2) is 0 Å². The first-order valence-electron chi connectivity index (χ1n) is 3.59. The molecule has 0 aliphatic carbocycles. The van der Waals surface area contributed by atoms with Crippen LogP contribution in [0.3, 0.4) is 0 Å². The fourth-order valence-electron chi connectivity index (χ4n) is 0.419. The van der Waals surface area contributed by atoms with Crippen LogP contribution in [0.2, 0.25) is 0 Å². The van der Waals surface area contributed by atoms with Crippen LogP contribution in [0.4, 0.5) is 0 Å². The van der Waals surface area contributed by atoms with Gasteiger partial charge in [-0.25, -0.2) is 34.8 Å². The third-order valence-electron chi connectivity index (χ3n) is 0.858.